The molecule has 0 radical (unpaired) electrons. The second-order valence-corrected chi connectivity index (χ2v) is 10.7. The molecule has 1 saturated heterocycles. The van der Waals surface area contributed by atoms with Crippen LogP contribution in [-0.2, 0) is 30.4 Å². The molecule has 2 atom stereocenters. The molecule has 3 rings (SSSR count). The van der Waals surface area contributed by atoms with Gasteiger partial charge in [0.05, 0.1) is 7.11 Å². The average molecular weight is 458 g/mol. The highest BCUT2D eigenvalue weighted by atomic mass is 16.6. The minimum Gasteiger partial charge on any atom is -0.497 e. The highest BCUT2D eigenvalue weighted by molar-refractivity contribution is 6.11. The van der Waals surface area contributed by atoms with E-state index in [0.29, 0.717) is 18.6 Å². The van der Waals surface area contributed by atoms with Gasteiger partial charge in [-0.15, -0.1) is 0 Å². The van der Waals surface area contributed by atoms with Gasteiger partial charge in [-0.25, -0.2) is 9.59 Å². The van der Waals surface area contributed by atoms with Gasteiger partial charge in [0.15, 0.2) is 0 Å². The number of rotatable bonds is 5. The Balaban J connectivity index is 2.15. The average Bonchev–Trinajstić information content (AvgIpc) is 2.95. The van der Waals surface area contributed by atoms with Crippen molar-refractivity contribution in [2.24, 2.45) is 11.8 Å². The summed E-state index contributed by atoms with van der Waals surface area (Å²) in [5.41, 5.74) is -2.78. The maximum Gasteiger partial charge on any atom is 0.344 e. The fourth-order valence-corrected chi connectivity index (χ4v) is 4.56. The number of nitrogens with zero attached hydrogens (tertiary/aromatic N) is 1. The van der Waals surface area contributed by atoms with E-state index in [1.54, 1.807) is 60.8 Å². The summed E-state index contributed by atoms with van der Waals surface area (Å²) in [7, 11) is 1.58. The summed E-state index contributed by atoms with van der Waals surface area (Å²) in [4.78, 5) is 42.8. The standard InChI is InChI=1S/C26H35NO6/c1-24(2,3)32-22(29)26(23(30)33-25(4,5)6)20-11-9-8-10-19(20)21(28)27(26)16-17-12-14-18(31-7)15-13-17/h8-9,12-15,19-20H,10-11,16H2,1-7H3/t19-,20-/m0/s1. The van der Waals surface area contributed by atoms with Crippen molar-refractivity contribution in [3.8, 4) is 5.75 Å². The highest BCUT2D eigenvalue weighted by Crippen LogP contribution is 2.49. The van der Waals surface area contributed by atoms with E-state index in [1.165, 1.54) is 4.90 Å². The number of carbonyl (C=O) groups is 3. The first-order valence-corrected chi connectivity index (χ1v) is 11.4. The number of amides is 1. The Bertz CT molecular complexity index is 907. The van der Waals surface area contributed by atoms with Gasteiger partial charge < -0.3 is 19.1 Å². The molecule has 0 aromatic heterocycles. The zero-order valence-electron chi connectivity index (χ0n) is 20.6. The Labute approximate surface area is 196 Å². The van der Waals surface area contributed by atoms with E-state index in [0.717, 1.165) is 5.56 Å². The number of methoxy groups -OCH3 is 1. The Hall–Kier alpha value is -2.83. The Kier molecular flexibility index (Phi) is 6.65. The first-order chi connectivity index (χ1) is 15.3. The van der Waals surface area contributed by atoms with Gasteiger partial charge >= 0.3 is 11.9 Å². The number of fused-ring (bicyclic) bond motifs is 1. The second kappa shape index (κ2) is 8.84. The quantitative estimate of drug-likeness (QED) is 0.377. The SMILES string of the molecule is COc1ccc(CN2C(=O)[C@H]3CC=CC[C@@H]3C2(C(=O)OC(C)(C)C)C(=O)OC(C)(C)C)cc1. The van der Waals surface area contributed by atoms with Crippen LogP contribution < -0.4 is 4.74 Å². The number of likely N-dealkylation sites (tertiary alicyclic amines) is 1. The van der Waals surface area contributed by atoms with Gasteiger partial charge in [-0.1, -0.05) is 24.3 Å². The number of allylic oxidation sites excluding steroid dienone is 2. The van der Waals surface area contributed by atoms with Crippen molar-refractivity contribution in [2.45, 2.75) is 77.7 Å². The van der Waals surface area contributed by atoms with Crippen molar-refractivity contribution in [1.29, 1.82) is 0 Å². The molecule has 0 bridgehead atoms. The third kappa shape index (κ3) is 4.92. The van der Waals surface area contributed by atoms with Gasteiger partial charge in [-0.2, -0.15) is 0 Å². The Morgan fingerprint density at radius 2 is 1.45 bits per heavy atom. The van der Waals surface area contributed by atoms with Crippen molar-refractivity contribution in [3.05, 3.63) is 42.0 Å². The number of carbonyl (C=O) groups excluding carboxylic acids is 3. The monoisotopic (exact) mass is 457 g/mol. The van der Waals surface area contributed by atoms with Crippen LogP contribution in [-0.4, -0.2) is 46.6 Å². The van der Waals surface area contributed by atoms with Crippen LogP contribution in [0, 0.1) is 11.8 Å². The highest BCUT2D eigenvalue weighted by Gasteiger charge is 2.69. The lowest BCUT2D eigenvalue weighted by molar-refractivity contribution is -0.191. The molecule has 1 fully saturated rings. The van der Waals surface area contributed by atoms with Crippen LogP contribution >= 0.6 is 0 Å². The molecule has 180 valence electrons. The van der Waals surface area contributed by atoms with E-state index in [-0.39, 0.29) is 12.5 Å². The van der Waals surface area contributed by atoms with Gasteiger partial charge in [0.1, 0.15) is 17.0 Å². The lowest BCUT2D eigenvalue weighted by atomic mass is 9.73. The summed E-state index contributed by atoms with van der Waals surface area (Å²) >= 11 is 0. The minimum absolute atomic E-state index is 0.0777. The molecule has 7 nitrogen and oxygen atoms in total. The predicted molar refractivity (Wildman–Crippen MR) is 123 cm³/mol. The fraction of sp³-hybridized carbons (Fsp3) is 0.577. The van der Waals surface area contributed by atoms with Crippen LogP contribution in [0.1, 0.15) is 59.9 Å². The number of ether oxygens (including phenoxy) is 3. The van der Waals surface area contributed by atoms with E-state index < -0.39 is 40.5 Å². The molecule has 7 heteroatoms. The summed E-state index contributed by atoms with van der Waals surface area (Å²) in [5.74, 6) is -2.11. The molecule has 0 spiro atoms. The van der Waals surface area contributed by atoms with Crippen molar-refractivity contribution < 1.29 is 28.6 Å². The van der Waals surface area contributed by atoms with Gasteiger partial charge in [0.25, 0.3) is 0 Å². The van der Waals surface area contributed by atoms with Crippen LogP contribution in [0.2, 0.25) is 0 Å². The molecular weight excluding hydrogens is 422 g/mol. The summed E-state index contributed by atoms with van der Waals surface area (Å²) in [6, 6.07) is 7.21. The predicted octanol–water partition coefficient (Wildman–Crippen LogP) is 4.04. The molecule has 0 unspecified atom stereocenters. The third-order valence-electron chi connectivity index (χ3n) is 5.90. The fourth-order valence-electron chi connectivity index (χ4n) is 4.56. The van der Waals surface area contributed by atoms with Crippen molar-refractivity contribution in [3.63, 3.8) is 0 Å². The van der Waals surface area contributed by atoms with Gasteiger partial charge in [-0.05, 0) is 72.1 Å². The lowest BCUT2D eigenvalue weighted by Gasteiger charge is -2.41. The summed E-state index contributed by atoms with van der Waals surface area (Å²) in [5, 5.41) is 0. The van der Waals surface area contributed by atoms with Crippen LogP contribution in [0.4, 0.5) is 0 Å². The molecule has 2 aliphatic rings. The van der Waals surface area contributed by atoms with Crippen molar-refractivity contribution in [1.82, 2.24) is 4.90 Å². The zero-order chi connectivity index (χ0) is 24.6. The van der Waals surface area contributed by atoms with E-state index in [2.05, 4.69) is 0 Å². The lowest BCUT2D eigenvalue weighted by Crippen LogP contribution is -2.63. The van der Waals surface area contributed by atoms with Crippen molar-refractivity contribution in [2.75, 3.05) is 7.11 Å². The Morgan fingerprint density at radius 1 is 0.939 bits per heavy atom. The molecule has 1 aromatic rings. The first-order valence-electron chi connectivity index (χ1n) is 11.4. The molecule has 1 aliphatic heterocycles. The molecule has 0 N–H and O–H groups in total. The van der Waals surface area contributed by atoms with Crippen molar-refractivity contribution >= 4 is 17.8 Å². The number of benzene rings is 1. The van der Waals surface area contributed by atoms with E-state index >= 15 is 0 Å². The summed E-state index contributed by atoms with van der Waals surface area (Å²) in [6.45, 7) is 10.6. The van der Waals surface area contributed by atoms with E-state index in [4.69, 9.17) is 14.2 Å². The number of esters is 2. The minimum atomic E-state index is -1.87. The number of hydrogen-bond donors (Lipinski definition) is 0. The van der Waals surface area contributed by atoms with Crippen LogP contribution in [0.15, 0.2) is 36.4 Å². The topological polar surface area (TPSA) is 82.1 Å². The maximum absolute atomic E-state index is 13.9. The zero-order valence-corrected chi connectivity index (χ0v) is 20.6. The molecule has 0 saturated carbocycles. The Morgan fingerprint density at radius 3 is 1.94 bits per heavy atom. The molecular formula is C26H35NO6. The van der Waals surface area contributed by atoms with Gasteiger partial charge in [0, 0.05) is 18.4 Å². The van der Waals surface area contributed by atoms with Crippen LogP contribution in [0.25, 0.3) is 0 Å². The normalized spacial score (nSPS) is 22.0. The first kappa shape index (κ1) is 24.8. The van der Waals surface area contributed by atoms with Gasteiger partial charge in [0.2, 0.25) is 11.4 Å². The summed E-state index contributed by atoms with van der Waals surface area (Å²) in [6.07, 6.45) is 4.74. The third-order valence-corrected chi connectivity index (χ3v) is 5.90. The maximum atomic E-state index is 13.9. The van der Waals surface area contributed by atoms with E-state index in [1.807, 2.05) is 24.3 Å². The van der Waals surface area contributed by atoms with E-state index in [9.17, 15) is 14.4 Å². The molecule has 33 heavy (non-hydrogen) atoms. The second-order valence-electron chi connectivity index (χ2n) is 10.7. The summed E-state index contributed by atoms with van der Waals surface area (Å²) < 4.78 is 16.8. The van der Waals surface area contributed by atoms with Crippen LogP contribution in [0.5, 0.6) is 5.75 Å². The molecule has 1 aliphatic carbocycles. The number of hydrogen-bond acceptors (Lipinski definition) is 6. The molecule has 1 aromatic carbocycles. The van der Waals surface area contributed by atoms with Crippen LogP contribution in [0.3, 0.4) is 0 Å². The largest absolute Gasteiger partial charge is 0.497 e. The van der Waals surface area contributed by atoms with Gasteiger partial charge in [-0.3, -0.25) is 4.79 Å². The smallest absolute Gasteiger partial charge is 0.344 e. The molecule has 1 heterocycles. The molecule has 1 amide bonds.